The molecule has 2 heterocycles. The molecule has 2 aromatic rings. The average molecular weight is 353 g/mol. The van der Waals surface area contributed by atoms with E-state index in [1.54, 1.807) is 6.92 Å². The van der Waals surface area contributed by atoms with Crippen LogP contribution in [0.3, 0.4) is 0 Å². The van der Waals surface area contributed by atoms with E-state index in [4.69, 9.17) is 4.52 Å². The standard InChI is InChI=1S/C20H23N3O3/c1-11(2)18-17(12(3)22-26-18)19(24)21-15-6-7-16-14(10-15)8-9-23(16)20(25)13-4-5-13/h6-7,10-11,13H,4-5,8-9H2,1-3H3,(H,21,24). The predicted molar refractivity (Wildman–Crippen MR) is 98.5 cm³/mol. The number of anilines is 2. The van der Waals surface area contributed by atoms with Gasteiger partial charge in [-0.2, -0.15) is 0 Å². The van der Waals surface area contributed by atoms with Crippen LogP contribution in [0.5, 0.6) is 0 Å². The van der Waals surface area contributed by atoms with Gasteiger partial charge >= 0.3 is 0 Å². The SMILES string of the molecule is Cc1noc(C(C)C)c1C(=O)Nc1ccc2c(c1)CCN2C(=O)C1CC1. The van der Waals surface area contributed by atoms with Crippen molar-refractivity contribution in [3.05, 3.63) is 40.8 Å². The highest BCUT2D eigenvalue weighted by molar-refractivity contribution is 6.06. The van der Waals surface area contributed by atoms with Crippen LogP contribution >= 0.6 is 0 Å². The number of carbonyl (C=O) groups excluding carboxylic acids is 2. The minimum Gasteiger partial charge on any atom is -0.360 e. The topological polar surface area (TPSA) is 75.4 Å². The van der Waals surface area contributed by atoms with Crippen molar-refractivity contribution in [3.63, 3.8) is 0 Å². The fourth-order valence-electron chi connectivity index (χ4n) is 3.51. The van der Waals surface area contributed by atoms with E-state index in [2.05, 4.69) is 10.5 Å². The fourth-order valence-corrected chi connectivity index (χ4v) is 3.51. The van der Waals surface area contributed by atoms with Crippen LogP contribution < -0.4 is 10.2 Å². The Labute approximate surface area is 152 Å². The second-order valence-electron chi connectivity index (χ2n) is 7.47. The molecule has 1 saturated carbocycles. The van der Waals surface area contributed by atoms with Crippen molar-refractivity contribution in [1.29, 1.82) is 0 Å². The van der Waals surface area contributed by atoms with Gasteiger partial charge in [-0.1, -0.05) is 19.0 Å². The van der Waals surface area contributed by atoms with E-state index in [1.165, 1.54) is 0 Å². The van der Waals surface area contributed by atoms with Crippen LogP contribution in [0.15, 0.2) is 22.7 Å². The lowest BCUT2D eigenvalue weighted by Gasteiger charge is -2.17. The van der Waals surface area contributed by atoms with Crippen molar-refractivity contribution in [1.82, 2.24) is 5.16 Å². The van der Waals surface area contributed by atoms with Gasteiger partial charge in [0.25, 0.3) is 5.91 Å². The van der Waals surface area contributed by atoms with E-state index in [1.807, 2.05) is 36.9 Å². The summed E-state index contributed by atoms with van der Waals surface area (Å²) in [5.41, 5.74) is 3.90. The molecule has 0 bridgehead atoms. The maximum absolute atomic E-state index is 12.7. The van der Waals surface area contributed by atoms with Gasteiger partial charge in [0, 0.05) is 29.8 Å². The van der Waals surface area contributed by atoms with Crippen molar-refractivity contribution in [2.75, 3.05) is 16.8 Å². The summed E-state index contributed by atoms with van der Waals surface area (Å²) in [6.45, 7) is 6.44. The molecule has 6 nitrogen and oxygen atoms in total. The summed E-state index contributed by atoms with van der Waals surface area (Å²) in [5, 5.41) is 6.88. The normalized spacial score (nSPS) is 16.1. The molecular formula is C20H23N3O3. The smallest absolute Gasteiger partial charge is 0.261 e. The number of nitrogens with one attached hydrogen (secondary N) is 1. The molecule has 1 aromatic carbocycles. The number of aryl methyl sites for hydroxylation is 1. The summed E-state index contributed by atoms with van der Waals surface area (Å²) in [6.07, 6.45) is 2.84. The Morgan fingerprint density at radius 3 is 2.77 bits per heavy atom. The number of aromatic nitrogens is 1. The molecule has 2 aliphatic rings. The first-order valence-electron chi connectivity index (χ1n) is 9.17. The van der Waals surface area contributed by atoms with Crippen LogP contribution in [0.4, 0.5) is 11.4 Å². The molecule has 1 fully saturated rings. The molecular weight excluding hydrogens is 330 g/mol. The van der Waals surface area contributed by atoms with Gasteiger partial charge in [0.05, 0.1) is 5.69 Å². The van der Waals surface area contributed by atoms with E-state index in [0.717, 1.165) is 42.7 Å². The fraction of sp³-hybridized carbons (Fsp3) is 0.450. The Morgan fingerprint density at radius 1 is 1.31 bits per heavy atom. The highest BCUT2D eigenvalue weighted by Crippen LogP contribution is 2.37. The summed E-state index contributed by atoms with van der Waals surface area (Å²) in [5.74, 6) is 0.922. The molecule has 136 valence electrons. The zero-order valence-electron chi connectivity index (χ0n) is 15.3. The van der Waals surface area contributed by atoms with Gasteiger partial charge in [-0.05, 0) is 49.9 Å². The average Bonchev–Trinajstić information content (AvgIpc) is 3.25. The highest BCUT2D eigenvalue weighted by Gasteiger charge is 2.36. The third-order valence-electron chi connectivity index (χ3n) is 5.07. The van der Waals surface area contributed by atoms with E-state index in [-0.39, 0.29) is 23.7 Å². The van der Waals surface area contributed by atoms with Crippen molar-refractivity contribution in [2.45, 2.75) is 46.0 Å². The number of nitrogens with zero attached hydrogens (tertiary/aromatic N) is 2. The first kappa shape index (κ1) is 16.8. The zero-order chi connectivity index (χ0) is 18.4. The molecule has 0 unspecified atom stereocenters. The van der Waals surface area contributed by atoms with Crippen LogP contribution in [0.25, 0.3) is 0 Å². The number of benzene rings is 1. The molecule has 26 heavy (non-hydrogen) atoms. The van der Waals surface area contributed by atoms with Crippen LogP contribution in [-0.4, -0.2) is 23.5 Å². The van der Waals surface area contributed by atoms with Gasteiger partial charge in [0.1, 0.15) is 5.56 Å². The summed E-state index contributed by atoms with van der Waals surface area (Å²) < 4.78 is 5.30. The minimum absolute atomic E-state index is 0.0824. The van der Waals surface area contributed by atoms with Gasteiger partial charge in [-0.25, -0.2) is 0 Å². The van der Waals surface area contributed by atoms with Crippen molar-refractivity contribution in [2.24, 2.45) is 5.92 Å². The lowest BCUT2D eigenvalue weighted by molar-refractivity contribution is -0.119. The molecule has 6 heteroatoms. The summed E-state index contributed by atoms with van der Waals surface area (Å²) in [4.78, 5) is 27.0. The summed E-state index contributed by atoms with van der Waals surface area (Å²) in [6, 6.07) is 5.75. The van der Waals surface area contributed by atoms with E-state index >= 15 is 0 Å². The Balaban J connectivity index is 1.54. The highest BCUT2D eigenvalue weighted by atomic mass is 16.5. The minimum atomic E-state index is -0.212. The van der Waals surface area contributed by atoms with Crippen LogP contribution in [0.1, 0.15) is 60.0 Å². The molecule has 1 N–H and O–H groups in total. The second-order valence-corrected chi connectivity index (χ2v) is 7.47. The molecule has 0 atom stereocenters. The summed E-state index contributed by atoms with van der Waals surface area (Å²) in [7, 11) is 0. The monoisotopic (exact) mass is 353 g/mol. The number of rotatable bonds is 4. The van der Waals surface area contributed by atoms with Crippen LogP contribution in [0, 0.1) is 12.8 Å². The van der Waals surface area contributed by atoms with Gasteiger partial charge < -0.3 is 14.7 Å². The molecule has 0 saturated heterocycles. The lowest BCUT2D eigenvalue weighted by atomic mass is 10.0. The first-order valence-corrected chi connectivity index (χ1v) is 9.17. The quantitative estimate of drug-likeness (QED) is 0.910. The van der Waals surface area contributed by atoms with E-state index < -0.39 is 0 Å². The van der Waals surface area contributed by atoms with Crippen molar-refractivity contribution >= 4 is 23.2 Å². The number of amides is 2. The van der Waals surface area contributed by atoms with Gasteiger partial charge in [-0.3, -0.25) is 9.59 Å². The lowest BCUT2D eigenvalue weighted by Crippen LogP contribution is -2.30. The Kier molecular flexibility index (Phi) is 4.05. The Hall–Kier alpha value is -2.63. The zero-order valence-corrected chi connectivity index (χ0v) is 15.3. The molecule has 0 radical (unpaired) electrons. The van der Waals surface area contributed by atoms with Gasteiger partial charge in [0.2, 0.25) is 5.91 Å². The van der Waals surface area contributed by atoms with Gasteiger partial charge in [-0.15, -0.1) is 0 Å². The number of hydrogen-bond donors (Lipinski definition) is 1. The Morgan fingerprint density at radius 2 is 2.08 bits per heavy atom. The largest absolute Gasteiger partial charge is 0.360 e. The summed E-state index contributed by atoms with van der Waals surface area (Å²) >= 11 is 0. The molecule has 4 rings (SSSR count). The van der Waals surface area contributed by atoms with E-state index in [9.17, 15) is 9.59 Å². The molecule has 1 aliphatic carbocycles. The molecule has 2 amide bonds. The predicted octanol–water partition coefficient (Wildman–Crippen LogP) is 3.66. The molecule has 0 spiro atoms. The van der Waals surface area contributed by atoms with E-state index in [0.29, 0.717) is 17.0 Å². The second kappa shape index (κ2) is 6.27. The third kappa shape index (κ3) is 2.89. The number of hydrogen-bond acceptors (Lipinski definition) is 4. The maximum atomic E-state index is 12.7. The van der Waals surface area contributed by atoms with Gasteiger partial charge in [0.15, 0.2) is 5.76 Å². The third-order valence-corrected chi connectivity index (χ3v) is 5.07. The number of carbonyl (C=O) groups is 2. The molecule has 1 aromatic heterocycles. The Bertz CT molecular complexity index is 880. The number of fused-ring (bicyclic) bond motifs is 1. The van der Waals surface area contributed by atoms with Crippen molar-refractivity contribution in [3.8, 4) is 0 Å². The first-order chi connectivity index (χ1) is 12.5. The maximum Gasteiger partial charge on any atom is 0.261 e. The molecule has 1 aliphatic heterocycles. The van der Waals surface area contributed by atoms with Crippen molar-refractivity contribution < 1.29 is 14.1 Å². The van der Waals surface area contributed by atoms with Crippen LogP contribution in [0.2, 0.25) is 0 Å². The van der Waals surface area contributed by atoms with Crippen LogP contribution in [-0.2, 0) is 11.2 Å².